The van der Waals surface area contributed by atoms with E-state index in [0.717, 1.165) is 0 Å². The summed E-state index contributed by atoms with van der Waals surface area (Å²) < 4.78 is 12.6. The quantitative estimate of drug-likeness (QED) is 0.603. The molecule has 0 aliphatic carbocycles. The molecule has 0 atom stereocenters. The molecule has 1 aromatic carbocycles. The van der Waals surface area contributed by atoms with Gasteiger partial charge in [-0.25, -0.2) is 4.39 Å². The maximum atomic E-state index is 12.6. The first-order valence-corrected chi connectivity index (χ1v) is 5.90. The average molecular weight is 225 g/mol. The molecule has 0 heterocycles. The summed E-state index contributed by atoms with van der Waals surface area (Å²) in [5.41, 5.74) is 0.933. The fourth-order valence-corrected chi connectivity index (χ4v) is 0.662. The van der Waals surface area contributed by atoms with Crippen LogP contribution in [0.4, 0.5) is 4.39 Å². The lowest BCUT2D eigenvalue weighted by Crippen LogP contribution is -1.82. The van der Waals surface area contributed by atoms with E-state index in [1.165, 1.54) is 6.07 Å². The van der Waals surface area contributed by atoms with E-state index in [1.807, 2.05) is 47.6 Å². The van der Waals surface area contributed by atoms with Gasteiger partial charge in [-0.3, -0.25) is 0 Å². The number of hydrogen-bond donors (Lipinski definition) is 0. The maximum Gasteiger partial charge on any atom is 0.127 e. The molecule has 0 saturated heterocycles. The van der Waals surface area contributed by atoms with Crippen molar-refractivity contribution in [3.8, 4) is 6.07 Å². The van der Waals surface area contributed by atoms with Gasteiger partial charge in [0, 0.05) is 0 Å². The van der Waals surface area contributed by atoms with Gasteiger partial charge in [0.2, 0.25) is 0 Å². The minimum Gasteiger partial charge on any atom is -0.207 e. The first-order chi connectivity index (χ1) is 7.74. The Hall–Kier alpha value is -1.36. The zero-order chi connectivity index (χ0) is 13.6. The van der Waals surface area contributed by atoms with Crippen molar-refractivity contribution in [2.75, 3.05) is 0 Å². The van der Waals surface area contributed by atoms with Crippen LogP contribution < -0.4 is 0 Å². The van der Waals surface area contributed by atoms with Crippen molar-refractivity contribution >= 4 is 0 Å². The number of halogens is 1. The van der Waals surface area contributed by atoms with Crippen molar-refractivity contribution in [2.24, 2.45) is 0 Å². The van der Waals surface area contributed by atoms with E-state index in [2.05, 4.69) is 0 Å². The molecule has 0 fully saturated rings. The predicted octanol–water partition coefficient (Wildman–Crippen LogP) is 5.08. The van der Waals surface area contributed by atoms with Gasteiger partial charge in [-0.2, -0.15) is 5.26 Å². The molecule has 1 aromatic rings. The van der Waals surface area contributed by atoms with Crippen molar-refractivity contribution in [1.82, 2.24) is 0 Å². The van der Waals surface area contributed by atoms with Gasteiger partial charge in [0.15, 0.2) is 0 Å². The maximum absolute atomic E-state index is 12.6. The van der Waals surface area contributed by atoms with Crippen LogP contribution in [0.5, 0.6) is 0 Å². The van der Waals surface area contributed by atoms with E-state index in [1.54, 1.807) is 19.1 Å². The molecule has 1 nitrogen and oxygen atoms in total. The van der Waals surface area contributed by atoms with Crippen LogP contribution in [0.2, 0.25) is 0 Å². The Morgan fingerprint density at radius 3 is 1.75 bits per heavy atom. The molecule has 0 radical (unpaired) electrons. The molecule has 0 saturated carbocycles. The molecule has 0 bridgehead atoms. The molecule has 0 amide bonds. The third-order valence-electron chi connectivity index (χ3n) is 1.30. The molecule has 2 heteroatoms. The molecule has 1 rings (SSSR count). The van der Waals surface area contributed by atoms with Gasteiger partial charge in [-0.05, 0) is 24.6 Å². The number of aryl methyl sites for hydroxylation is 1. The molecule has 0 aromatic heterocycles. The summed E-state index contributed by atoms with van der Waals surface area (Å²) in [4.78, 5) is 0. The van der Waals surface area contributed by atoms with Crippen molar-refractivity contribution in [3.05, 3.63) is 35.1 Å². The summed E-state index contributed by atoms with van der Waals surface area (Å²) in [6.07, 6.45) is 0. The average Bonchev–Trinajstić information content (AvgIpc) is 2.40. The van der Waals surface area contributed by atoms with Gasteiger partial charge < -0.3 is 0 Å². The normalized spacial score (nSPS) is 6.69. The van der Waals surface area contributed by atoms with Gasteiger partial charge in [0.25, 0.3) is 0 Å². The Morgan fingerprint density at radius 1 is 1.00 bits per heavy atom. The van der Waals surface area contributed by atoms with E-state index in [0.29, 0.717) is 11.1 Å². The largest absolute Gasteiger partial charge is 0.207 e. The lowest BCUT2D eigenvalue weighted by atomic mass is 10.1. The second-order valence-corrected chi connectivity index (χ2v) is 2.08. The zero-order valence-corrected chi connectivity index (χ0v) is 11.6. The molecule has 0 spiro atoms. The molecule has 16 heavy (non-hydrogen) atoms. The lowest BCUT2D eigenvalue weighted by molar-refractivity contribution is 0.618. The molecule has 92 valence electrons. The Bertz CT molecular complexity index is 287. The summed E-state index contributed by atoms with van der Waals surface area (Å²) in [5, 5.41) is 8.34. The van der Waals surface area contributed by atoms with Crippen LogP contribution >= 0.6 is 0 Å². The van der Waals surface area contributed by atoms with Crippen molar-refractivity contribution in [2.45, 2.75) is 48.5 Å². The summed E-state index contributed by atoms with van der Waals surface area (Å²) >= 11 is 0. The van der Waals surface area contributed by atoms with Gasteiger partial charge >= 0.3 is 0 Å². The number of hydrogen-bond acceptors (Lipinski definition) is 1. The molecule has 0 aliphatic heterocycles. The van der Waals surface area contributed by atoms with Crippen LogP contribution in [0, 0.1) is 24.1 Å². The van der Waals surface area contributed by atoms with E-state index in [-0.39, 0.29) is 5.82 Å². The molecule has 0 aliphatic rings. The number of nitriles is 1. The third-order valence-corrected chi connectivity index (χ3v) is 1.30. The van der Waals surface area contributed by atoms with E-state index < -0.39 is 0 Å². The molecular formula is C14H24FN. The summed E-state index contributed by atoms with van der Waals surface area (Å²) in [7, 11) is 0. The smallest absolute Gasteiger partial charge is 0.127 e. The van der Waals surface area contributed by atoms with Crippen molar-refractivity contribution in [1.29, 1.82) is 5.26 Å². The SMILES string of the molecule is CC.CC.CC.Cc1ccc(C#N)cc1F. The lowest BCUT2D eigenvalue weighted by Gasteiger charge is -1.93. The zero-order valence-electron chi connectivity index (χ0n) is 11.6. The molecular weight excluding hydrogens is 201 g/mol. The fraction of sp³-hybridized carbons (Fsp3) is 0.500. The second kappa shape index (κ2) is 16.1. The highest BCUT2D eigenvalue weighted by Gasteiger charge is 1.96. The van der Waals surface area contributed by atoms with E-state index in [9.17, 15) is 4.39 Å². The van der Waals surface area contributed by atoms with E-state index >= 15 is 0 Å². The van der Waals surface area contributed by atoms with Crippen LogP contribution in [0.25, 0.3) is 0 Å². The van der Waals surface area contributed by atoms with Crippen LogP contribution in [0.15, 0.2) is 18.2 Å². The standard InChI is InChI=1S/C8H6FN.3C2H6/c1-6-2-3-7(5-10)4-8(6)9;3*1-2/h2-4H,1H3;3*1-2H3. The molecule has 0 unspecified atom stereocenters. The highest BCUT2D eigenvalue weighted by molar-refractivity contribution is 5.32. The fourth-order valence-electron chi connectivity index (χ4n) is 0.662. The van der Waals surface area contributed by atoms with Gasteiger partial charge in [-0.1, -0.05) is 47.6 Å². The van der Waals surface area contributed by atoms with Crippen LogP contribution in [0.1, 0.15) is 52.7 Å². The molecule has 0 N–H and O–H groups in total. The first kappa shape index (κ1) is 20.1. The Labute approximate surface area is 99.9 Å². The predicted molar refractivity (Wildman–Crippen MR) is 69.9 cm³/mol. The van der Waals surface area contributed by atoms with Gasteiger partial charge in [0.1, 0.15) is 5.82 Å². The first-order valence-electron chi connectivity index (χ1n) is 5.90. The Morgan fingerprint density at radius 2 is 1.44 bits per heavy atom. The minimum atomic E-state index is -0.320. The highest BCUT2D eigenvalue weighted by Crippen LogP contribution is 2.07. The third kappa shape index (κ3) is 9.21. The summed E-state index contributed by atoms with van der Waals surface area (Å²) in [6, 6.07) is 6.27. The summed E-state index contributed by atoms with van der Waals surface area (Å²) in [6.45, 7) is 13.7. The van der Waals surface area contributed by atoms with Crippen LogP contribution in [0.3, 0.4) is 0 Å². The van der Waals surface area contributed by atoms with Gasteiger partial charge in [0.05, 0.1) is 11.6 Å². The van der Waals surface area contributed by atoms with Crippen molar-refractivity contribution < 1.29 is 4.39 Å². The number of benzene rings is 1. The van der Waals surface area contributed by atoms with E-state index in [4.69, 9.17) is 5.26 Å². The monoisotopic (exact) mass is 225 g/mol. The van der Waals surface area contributed by atoms with Crippen molar-refractivity contribution in [3.63, 3.8) is 0 Å². The Balaban J connectivity index is -0.000000245. The minimum absolute atomic E-state index is 0.320. The summed E-state index contributed by atoms with van der Waals surface area (Å²) in [5.74, 6) is -0.320. The van der Waals surface area contributed by atoms with Crippen LogP contribution in [-0.4, -0.2) is 0 Å². The topological polar surface area (TPSA) is 23.8 Å². The Kier molecular flexibility index (Phi) is 20.2. The number of rotatable bonds is 0. The number of nitrogens with zero attached hydrogens (tertiary/aromatic N) is 1. The second-order valence-electron chi connectivity index (χ2n) is 2.08. The van der Waals surface area contributed by atoms with Gasteiger partial charge in [-0.15, -0.1) is 0 Å². The van der Waals surface area contributed by atoms with Crippen LogP contribution in [-0.2, 0) is 0 Å². The highest BCUT2D eigenvalue weighted by atomic mass is 19.1.